The van der Waals surface area contributed by atoms with Crippen LogP contribution in [0, 0.1) is 5.41 Å². The summed E-state index contributed by atoms with van der Waals surface area (Å²) in [6, 6.07) is 10.5. The minimum atomic E-state index is -0.613. The molecule has 0 bridgehead atoms. The minimum absolute atomic E-state index is 0.112. The van der Waals surface area contributed by atoms with Crippen molar-refractivity contribution in [1.82, 2.24) is 4.90 Å². The fraction of sp³-hybridized carbons (Fsp3) is 0.684. The summed E-state index contributed by atoms with van der Waals surface area (Å²) in [5.74, 6) is 0. The maximum atomic E-state index is 10.00. The zero-order chi connectivity index (χ0) is 16.4. The number of benzene rings is 1. The van der Waals surface area contributed by atoms with Crippen LogP contribution in [0.15, 0.2) is 30.3 Å². The smallest absolute Gasteiger partial charge is 0.0956 e. The van der Waals surface area contributed by atoms with E-state index in [0.29, 0.717) is 0 Å². The maximum absolute atomic E-state index is 10.00. The van der Waals surface area contributed by atoms with Gasteiger partial charge in [-0.1, -0.05) is 51.1 Å². The van der Waals surface area contributed by atoms with Crippen molar-refractivity contribution < 1.29 is 9.84 Å². The fourth-order valence-electron chi connectivity index (χ4n) is 2.77. The van der Waals surface area contributed by atoms with E-state index in [9.17, 15) is 5.11 Å². The quantitative estimate of drug-likeness (QED) is 0.922. The van der Waals surface area contributed by atoms with E-state index in [-0.39, 0.29) is 17.6 Å². The molecule has 0 unspecified atom stereocenters. The van der Waals surface area contributed by atoms with Gasteiger partial charge in [-0.05, 0) is 31.2 Å². The first kappa shape index (κ1) is 17.5. The second-order valence-electron chi connectivity index (χ2n) is 8.21. The maximum Gasteiger partial charge on any atom is 0.0956 e. The Bertz CT molecular complexity index is 459. The van der Waals surface area contributed by atoms with Crippen LogP contribution >= 0.6 is 0 Å². The Hall–Kier alpha value is -0.900. The molecule has 1 N–H and O–H groups in total. The third kappa shape index (κ3) is 5.08. The van der Waals surface area contributed by atoms with Crippen molar-refractivity contribution in [1.29, 1.82) is 0 Å². The normalized spacial score (nSPS) is 24.5. The zero-order valence-electron chi connectivity index (χ0n) is 14.7. The van der Waals surface area contributed by atoms with Crippen LogP contribution in [0.4, 0.5) is 0 Å². The molecule has 124 valence electrons. The molecule has 1 saturated heterocycles. The van der Waals surface area contributed by atoms with Gasteiger partial charge in [-0.3, -0.25) is 4.90 Å². The Morgan fingerprint density at radius 3 is 2.27 bits per heavy atom. The number of ether oxygens (including phenoxy) is 1. The van der Waals surface area contributed by atoms with E-state index in [2.05, 4.69) is 49.9 Å². The summed E-state index contributed by atoms with van der Waals surface area (Å²) >= 11 is 0. The van der Waals surface area contributed by atoms with Crippen LogP contribution < -0.4 is 0 Å². The molecule has 3 heteroatoms. The van der Waals surface area contributed by atoms with Gasteiger partial charge in [0.2, 0.25) is 0 Å². The highest BCUT2D eigenvalue weighted by Gasteiger charge is 2.35. The second-order valence-corrected chi connectivity index (χ2v) is 8.21. The number of hydrogen-bond donors (Lipinski definition) is 1. The first-order valence-corrected chi connectivity index (χ1v) is 8.30. The van der Waals surface area contributed by atoms with Gasteiger partial charge in [0.1, 0.15) is 0 Å². The zero-order valence-corrected chi connectivity index (χ0v) is 14.7. The molecule has 2 rings (SSSR count). The van der Waals surface area contributed by atoms with E-state index in [1.54, 1.807) is 0 Å². The molecule has 0 saturated carbocycles. The van der Waals surface area contributed by atoms with E-state index in [1.165, 1.54) is 5.56 Å². The van der Waals surface area contributed by atoms with Crippen molar-refractivity contribution in [3.05, 3.63) is 35.9 Å². The Morgan fingerprint density at radius 1 is 1.09 bits per heavy atom. The summed E-state index contributed by atoms with van der Waals surface area (Å²) in [7, 11) is 0. The molecule has 1 aromatic rings. The van der Waals surface area contributed by atoms with Crippen LogP contribution in [0.5, 0.6) is 0 Å². The lowest BCUT2D eigenvalue weighted by molar-refractivity contribution is -0.131. The molecular formula is C19H31NO2. The first-order chi connectivity index (χ1) is 10.1. The van der Waals surface area contributed by atoms with E-state index in [0.717, 1.165) is 26.1 Å². The van der Waals surface area contributed by atoms with Gasteiger partial charge in [-0.25, -0.2) is 0 Å². The van der Waals surface area contributed by atoms with Gasteiger partial charge < -0.3 is 9.84 Å². The van der Waals surface area contributed by atoms with Gasteiger partial charge in [0, 0.05) is 19.6 Å². The highest BCUT2D eigenvalue weighted by Crippen LogP contribution is 2.33. The molecular weight excluding hydrogens is 274 g/mol. The van der Waals surface area contributed by atoms with Crippen molar-refractivity contribution in [2.75, 3.05) is 19.6 Å². The van der Waals surface area contributed by atoms with Crippen molar-refractivity contribution in [3.8, 4) is 0 Å². The highest BCUT2D eigenvalue weighted by molar-refractivity contribution is 5.18. The van der Waals surface area contributed by atoms with E-state index in [4.69, 9.17) is 4.74 Å². The number of hydrogen-bond acceptors (Lipinski definition) is 3. The van der Waals surface area contributed by atoms with Crippen molar-refractivity contribution in [3.63, 3.8) is 0 Å². The lowest BCUT2D eigenvalue weighted by atomic mass is 9.87. The molecule has 2 atom stereocenters. The average Bonchev–Trinajstić information content (AvgIpc) is 2.44. The third-order valence-electron chi connectivity index (χ3n) is 4.35. The average molecular weight is 305 g/mol. The molecule has 22 heavy (non-hydrogen) atoms. The fourth-order valence-corrected chi connectivity index (χ4v) is 2.77. The third-order valence-corrected chi connectivity index (χ3v) is 4.35. The molecule has 0 spiro atoms. The van der Waals surface area contributed by atoms with Crippen LogP contribution in [0.2, 0.25) is 0 Å². The summed E-state index contributed by atoms with van der Waals surface area (Å²) in [6.45, 7) is 13.2. The standard InChI is InChI=1S/C19H31NO2/c1-18(2,3)17-14-20(12-11-19(4,5)21)13-16(22-17)15-9-7-6-8-10-15/h6-10,16-17,21H,11-14H2,1-5H3/t16-,17+/m0/s1. The molecule has 1 heterocycles. The van der Waals surface area contributed by atoms with E-state index >= 15 is 0 Å². The summed E-state index contributed by atoms with van der Waals surface area (Å²) in [6.07, 6.45) is 1.10. The van der Waals surface area contributed by atoms with Gasteiger partial charge in [0.25, 0.3) is 0 Å². The monoisotopic (exact) mass is 305 g/mol. The molecule has 0 radical (unpaired) electrons. The van der Waals surface area contributed by atoms with Gasteiger partial charge in [-0.15, -0.1) is 0 Å². The summed E-state index contributed by atoms with van der Waals surface area (Å²) in [4.78, 5) is 2.44. The molecule has 0 aromatic heterocycles. The van der Waals surface area contributed by atoms with E-state index < -0.39 is 5.60 Å². The largest absolute Gasteiger partial charge is 0.390 e. The Balaban J connectivity index is 2.11. The SMILES string of the molecule is CC(C)(O)CCN1C[C@@H](c2ccccc2)O[C@@H](C(C)(C)C)C1. The molecule has 0 aliphatic carbocycles. The van der Waals surface area contributed by atoms with Crippen LogP contribution in [0.25, 0.3) is 0 Å². The lowest BCUT2D eigenvalue weighted by Crippen LogP contribution is -2.50. The van der Waals surface area contributed by atoms with Crippen molar-refractivity contribution in [2.45, 2.75) is 58.8 Å². The number of rotatable bonds is 4. The number of aliphatic hydroxyl groups is 1. The van der Waals surface area contributed by atoms with E-state index in [1.807, 2.05) is 19.9 Å². The summed E-state index contributed by atoms with van der Waals surface area (Å²) in [5, 5.41) is 10.00. The van der Waals surface area contributed by atoms with Gasteiger partial charge in [0.05, 0.1) is 17.8 Å². The topological polar surface area (TPSA) is 32.7 Å². The van der Waals surface area contributed by atoms with Gasteiger partial charge in [-0.2, -0.15) is 0 Å². The molecule has 0 amide bonds. The summed E-state index contributed by atoms with van der Waals surface area (Å²) < 4.78 is 6.39. The second kappa shape index (κ2) is 6.69. The highest BCUT2D eigenvalue weighted by atomic mass is 16.5. The molecule has 1 aliphatic rings. The molecule has 3 nitrogen and oxygen atoms in total. The minimum Gasteiger partial charge on any atom is -0.390 e. The van der Waals surface area contributed by atoms with Crippen LogP contribution in [-0.2, 0) is 4.74 Å². The summed E-state index contributed by atoms with van der Waals surface area (Å²) in [5.41, 5.74) is 0.739. The number of nitrogens with zero attached hydrogens (tertiary/aromatic N) is 1. The number of morpholine rings is 1. The van der Waals surface area contributed by atoms with Crippen LogP contribution in [0.1, 0.15) is 52.7 Å². The predicted octanol–water partition coefficient (Wildman–Crippen LogP) is 3.64. The van der Waals surface area contributed by atoms with Crippen LogP contribution in [-0.4, -0.2) is 41.3 Å². The Labute approximate surface area is 135 Å². The first-order valence-electron chi connectivity index (χ1n) is 8.30. The molecule has 1 aromatic carbocycles. The van der Waals surface area contributed by atoms with Gasteiger partial charge >= 0.3 is 0 Å². The van der Waals surface area contributed by atoms with Crippen molar-refractivity contribution in [2.24, 2.45) is 5.41 Å². The lowest BCUT2D eigenvalue weighted by Gasteiger charge is -2.44. The van der Waals surface area contributed by atoms with Crippen LogP contribution in [0.3, 0.4) is 0 Å². The van der Waals surface area contributed by atoms with Crippen molar-refractivity contribution >= 4 is 0 Å². The Kier molecular flexibility index (Phi) is 5.31. The molecule has 1 aliphatic heterocycles. The van der Waals surface area contributed by atoms with Gasteiger partial charge in [0.15, 0.2) is 0 Å². The molecule has 1 fully saturated rings. The Morgan fingerprint density at radius 2 is 1.73 bits per heavy atom. The predicted molar refractivity (Wildman–Crippen MR) is 90.9 cm³/mol.